The Bertz CT molecular complexity index is 383. The summed E-state index contributed by atoms with van der Waals surface area (Å²) in [5, 5.41) is 24.3. The second kappa shape index (κ2) is 3.52. The van der Waals surface area contributed by atoms with Crippen LogP contribution in [0.2, 0.25) is 0 Å². The van der Waals surface area contributed by atoms with Crippen LogP contribution in [0.3, 0.4) is 0 Å². The third-order valence-corrected chi connectivity index (χ3v) is 1.41. The molecule has 0 aliphatic heterocycles. The zero-order chi connectivity index (χ0) is 9.97. The molecule has 0 radical (unpaired) electrons. The summed E-state index contributed by atoms with van der Waals surface area (Å²) in [5.41, 5.74) is 0. The van der Waals surface area contributed by atoms with Gasteiger partial charge in [0.1, 0.15) is 13.2 Å². The highest BCUT2D eigenvalue weighted by atomic mass is 16.5. The first kappa shape index (κ1) is 8.78. The quantitative estimate of drug-likeness (QED) is 0.651. The van der Waals surface area contributed by atoms with Crippen LogP contribution in [0.5, 0.6) is 0 Å². The normalized spacial score (nSPS) is 10.7. The fourth-order valence-corrected chi connectivity index (χ4v) is 0.820. The number of hydrogen-bond donors (Lipinski definition) is 2. The molecule has 2 aromatic rings. The van der Waals surface area contributed by atoms with Crippen molar-refractivity contribution in [3.63, 3.8) is 0 Å². The van der Waals surface area contributed by atoms with E-state index in [2.05, 4.69) is 29.3 Å². The van der Waals surface area contributed by atoms with Crippen LogP contribution in [0.15, 0.2) is 9.05 Å². The molecule has 2 N–H and O–H groups in total. The highest BCUT2D eigenvalue weighted by molar-refractivity contribution is 5.39. The molecular weight excluding hydrogens is 192 g/mol. The summed E-state index contributed by atoms with van der Waals surface area (Å²) in [6, 6.07) is 0. The van der Waals surface area contributed by atoms with Gasteiger partial charge in [-0.05, 0) is 0 Å². The molecule has 8 heteroatoms. The predicted octanol–water partition coefficient (Wildman–Crippen LogP) is -0.896. The standard InChI is InChI=1S/C6H6N4O4/c11-1-3-7-5(9-13-3)6-8-4(2-12)14-10-6/h11-12H,1-2H2. The molecule has 0 atom stereocenters. The van der Waals surface area contributed by atoms with Crippen LogP contribution in [-0.4, -0.2) is 30.5 Å². The molecule has 0 aliphatic carbocycles. The second-order valence-corrected chi connectivity index (χ2v) is 2.34. The predicted molar refractivity (Wildman–Crippen MR) is 39.4 cm³/mol. The fourth-order valence-electron chi connectivity index (χ4n) is 0.820. The maximum atomic E-state index is 8.65. The number of aromatic nitrogens is 4. The van der Waals surface area contributed by atoms with E-state index in [1.807, 2.05) is 0 Å². The molecule has 0 saturated heterocycles. The van der Waals surface area contributed by atoms with E-state index < -0.39 is 0 Å². The topological polar surface area (TPSA) is 118 Å². The van der Waals surface area contributed by atoms with Crippen molar-refractivity contribution in [2.45, 2.75) is 13.2 Å². The van der Waals surface area contributed by atoms with Crippen molar-refractivity contribution >= 4 is 0 Å². The fraction of sp³-hybridized carbons (Fsp3) is 0.333. The van der Waals surface area contributed by atoms with Gasteiger partial charge in [0.25, 0.3) is 11.8 Å². The molecule has 0 aliphatic rings. The molecule has 0 aromatic carbocycles. The van der Waals surface area contributed by atoms with Gasteiger partial charge in [-0.15, -0.1) is 0 Å². The van der Waals surface area contributed by atoms with Gasteiger partial charge in [-0.2, -0.15) is 9.97 Å². The lowest BCUT2D eigenvalue weighted by molar-refractivity contribution is 0.222. The van der Waals surface area contributed by atoms with E-state index in [-0.39, 0.29) is 36.6 Å². The van der Waals surface area contributed by atoms with Gasteiger partial charge < -0.3 is 19.3 Å². The molecule has 74 valence electrons. The van der Waals surface area contributed by atoms with E-state index in [0.717, 1.165) is 0 Å². The van der Waals surface area contributed by atoms with Crippen LogP contribution >= 0.6 is 0 Å². The summed E-state index contributed by atoms with van der Waals surface area (Å²) in [7, 11) is 0. The molecule has 0 fully saturated rings. The smallest absolute Gasteiger partial charge is 0.252 e. The van der Waals surface area contributed by atoms with Crippen molar-refractivity contribution in [3.05, 3.63) is 11.8 Å². The lowest BCUT2D eigenvalue weighted by atomic mass is 10.5. The first-order valence-corrected chi connectivity index (χ1v) is 3.70. The Labute approximate surface area is 77.2 Å². The monoisotopic (exact) mass is 198 g/mol. The summed E-state index contributed by atoms with van der Waals surface area (Å²) in [4.78, 5) is 7.50. The van der Waals surface area contributed by atoms with Crippen molar-refractivity contribution in [2.24, 2.45) is 0 Å². The number of rotatable bonds is 3. The molecule has 0 bridgehead atoms. The zero-order valence-corrected chi connectivity index (χ0v) is 6.91. The maximum absolute atomic E-state index is 8.65. The maximum Gasteiger partial charge on any atom is 0.252 e. The lowest BCUT2D eigenvalue weighted by Gasteiger charge is -1.79. The first-order valence-electron chi connectivity index (χ1n) is 3.70. The number of nitrogens with zero attached hydrogens (tertiary/aromatic N) is 4. The minimum absolute atomic E-state index is 0.0651. The summed E-state index contributed by atoms with van der Waals surface area (Å²) in [6.07, 6.45) is 0. The van der Waals surface area contributed by atoms with Crippen LogP contribution in [0.4, 0.5) is 0 Å². The summed E-state index contributed by atoms with van der Waals surface area (Å²) >= 11 is 0. The molecule has 0 amide bonds. The molecular formula is C6H6N4O4. The molecule has 0 saturated carbocycles. The highest BCUT2D eigenvalue weighted by Gasteiger charge is 2.14. The number of hydrogen-bond acceptors (Lipinski definition) is 8. The van der Waals surface area contributed by atoms with E-state index in [0.29, 0.717) is 0 Å². The first-order chi connectivity index (χ1) is 6.83. The van der Waals surface area contributed by atoms with Gasteiger partial charge in [0.15, 0.2) is 0 Å². The van der Waals surface area contributed by atoms with Crippen molar-refractivity contribution < 1.29 is 19.3 Å². The van der Waals surface area contributed by atoms with Crippen LogP contribution in [0.1, 0.15) is 11.8 Å². The highest BCUT2D eigenvalue weighted by Crippen LogP contribution is 2.11. The van der Waals surface area contributed by atoms with Crippen LogP contribution in [0.25, 0.3) is 11.6 Å². The Balaban J connectivity index is 2.29. The van der Waals surface area contributed by atoms with Crippen LogP contribution in [0, 0.1) is 0 Å². The van der Waals surface area contributed by atoms with Gasteiger partial charge in [-0.3, -0.25) is 0 Å². The van der Waals surface area contributed by atoms with Gasteiger partial charge in [0.2, 0.25) is 11.6 Å². The zero-order valence-electron chi connectivity index (χ0n) is 6.91. The Kier molecular flexibility index (Phi) is 2.21. The van der Waals surface area contributed by atoms with Gasteiger partial charge in [0, 0.05) is 0 Å². The average molecular weight is 198 g/mol. The van der Waals surface area contributed by atoms with Crippen molar-refractivity contribution in [1.29, 1.82) is 0 Å². The molecule has 2 rings (SSSR count). The third-order valence-electron chi connectivity index (χ3n) is 1.41. The number of aliphatic hydroxyl groups excluding tert-OH is 2. The van der Waals surface area contributed by atoms with Crippen LogP contribution < -0.4 is 0 Å². The second-order valence-electron chi connectivity index (χ2n) is 2.34. The SMILES string of the molecule is OCc1nc(-c2noc(CO)n2)no1. The van der Waals surface area contributed by atoms with E-state index in [1.165, 1.54) is 0 Å². The molecule has 0 unspecified atom stereocenters. The van der Waals surface area contributed by atoms with E-state index in [4.69, 9.17) is 10.2 Å². The molecule has 2 aromatic heterocycles. The van der Waals surface area contributed by atoms with Crippen LogP contribution in [-0.2, 0) is 13.2 Å². The summed E-state index contributed by atoms with van der Waals surface area (Å²) < 4.78 is 9.23. The van der Waals surface area contributed by atoms with Crippen molar-refractivity contribution in [2.75, 3.05) is 0 Å². The Hall–Kier alpha value is -1.80. The molecule has 8 nitrogen and oxygen atoms in total. The van der Waals surface area contributed by atoms with E-state index >= 15 is 0 Å². The average Bonchev–Trinajstić information content (AvgIpc) is 2.86. The van der Waals surface area contributed by atoms with E-state index in [9.17, 15) is 0 Å². The van der Waals surface area contributed by atoms with Gasteiger partial charge in [-0.25, -0.2) is 0 Å². The minimum atomic E-state index is -0.349. The molecule has 0 spiro atoms. The Morgan fingerprint density at radius 3 is 1.57 bits per heavy atom. The largest absolute Gasteiger partial charge is 0.387 e. The summed E-state index contributed by atoms with van der Waals surface area (Å²) in [5.74, 6) is 0.348. The Morgan fingerprint density at radius 2 is 1.29 bits per heavy atom. The lowest BCUT2D eigenvalue weighted by Crippen LogP contribution is -1.86. The minimum Gasteiger partial charge on any atom is -0.387 e. The van der Waals surface area contributed by atoms with Gasteiger partial charge in [0.05, 0.1) is 0 Å². The van der Waals surface area contributed by atoms with Crippen molar-refractivity contribution in [3.8, 4) is 11.6 Å². The van der Waals surface area contributed by atoms with Gasteiger partial charge >= 0.3 is 0 Å². The third kappa shape index (κ3) is 1.47. The number of aliphatic hydroxyl groups is 2. The van der Waals surface area contributed by atoms with E-state index in [1.54, 1.807) is 0 Å². The molecule has 14 heavy (non-hydrogen) atoms. The summed E-state index contributed by atoms with van der Waals surface area (Å²) in [6.45, 7) is -0.699. The molecule has 2 heterocycles. The van der Waals surface area contributed by atoms with Crippen molar-refractivity contribution in [1.82, 2.24) is 20.3 Å². The van der Waals surface area contributed by atoms with Gasteiger partial charge in [-0.1, -0.05) is 10.3 Å². The Morgan fingerprint density at radius 1 is 0.857 bits per heavy atom.